The number of carbonyl (C=O) groups is 1. The van der Waals surface area contributed by atoms with Crippen molar-refractivity contribution in [2.24, 2.45) is 5.92 Å². The number of ether oxygens (including phenoxy) is 3. The first kappa shape index (κ1) is 17.4. The second-order valence-corrected chi connectivity index (χ2v) is 5.13. The van der Waals surface area contributed by atoms with Crippen LogP contribution in [0.2, 0.25) is 0 Å². The van der Waals surface area contributed by atoms with Crippen molar-refractivity contribution in [2.45, 2.75) is 59.7 Å². The van der Waals surface area contributed by atoms with Gasteiger partial charge >= 0.3 is 5.97 Å². The molecule has 0 aromatic heterocycles. The summed E-state index contributed by atoms with van der Waals surface area (Å²) in [6.07, 6.45) is 1.11. The van der Waals surface area contributed by atoms with Crippen molar-refractivity contribution in [1.82, 2.24) is 0 Å². The zero-order valence-electron chi connectivity index (χ0n) is 12.4. The SMILES string of the molecule is CCCC(=O)OC(C)COC(C)COCC(C)C. The van der Waals surface area contributed by atoms with E-state index in [2.05, 4.69) is 13.8 Å². The molecule has 0 radical (unpaired) electrons. The molecule has 2 atom stereocenters. The number of rotatable bonds is 10. The van der Waals surface area contributed by atoms with E-state index in [0.717, 1.165) is 13.0 Å². The number of hydrogen-bond donors (Lipinski definition) is 0. The van der Waals surface area contributed by atoms with E-state index in [-0.39, 0.29) is 18.2 Å². The Morgan fingerprint density at radius 2 is 1.67 bits per heavy atom. The molecule has 0 bridgehead atoms. The molecule has 0 aromatic rings. The number of esters is 1. The molecule has 2 unspecified atom stereocenters. The molecule has 0 heterocycles. The first-order valence-electron chi connectivity index (χ1n) is 6.84. The van der Waals surface area contributed by atoms with Crippen molar-refractivity contribution in [3.8, 4) is 0 Å². The zero-order chi connectivity index (χ0) is 14.0. The lowest BCUT2D eigenvalue weighted by Gasteiger charge is -2.18. The monoisotopic (exact) mass is 260 g/mol. The Bertz CT molecular complexity index is 216. The number of hydrogen-bond acceptors (Lipinski definition) is 4. The van der Waals surface area contributed by atoms with E-state index in [1.54, 1.807) is 0 Å². The van der Waals surface area contributed by atoms with Crippen LogP contribution in [0.1, 0.15) is 47.5 Å². The summed E-state index contributed by atoms with van der Waals surface area (Å²) in [6, 6.07) is 0. The fourth-order valence-corrected chi connectivity index (χ4v) is 1.34. The van der Waals surface area contributed by atoms with Crippen molar-refractivity contribution in [2.75, 3.05) is 19.8 Å². The highest BCUT2D eigenvalue weighted by Gasteiger charge is 2.11. The maximum Gasteiger partial charge on any atom is 0.306 e. The Morgan fingerprint density at radius 3 is 2.22 bits per heavy atom. The minimum atomic E-state index is -0.198. The molecule has 0 rings (SSSR count). The van der Waals surface area contributed by atoms with Crippen LogP contribution in [0.15, 0.2) is 0 Å². The molecule has 0 amide bonds. The van der Waals surface area contributed by atoms with Crippen LogP contribution in [0.25, 0.3) is 0 Å². The Hall–Kier alpha value is -0.610. The van der Waals surface area contributed by atoms with Crippen LogP contribution < -0.4 is 0 Å². The molecule has 0 N–H and O–H groups in total. The van der Waals surface area contributed by atoms with Crippen molar-refractivity contribution < 1.29 is 19.0 Å². The molecular formula is C14H28O4. The molecule has 108 valence electrons. The lowest BCUT2D eigenvalue weighted by atomic mass is 10.2. The molecule has 0 aliphatic heterocycles. The van der Waals surface area contributed by atoms with Gasteiger partial charge in [0.1, 0.15) is 6.10 Å². The summed E-state index contributed by atoms with van der Waals surface area (Å²) in [5.41, 5.74) is 0. The molecule has 0 aromatic carbocycles. The molecule has 0 spiro atoms. The van der Waals surface area contributed by atoms with Crippen LogP contribution in [0.4, 0.5) is 0 Å². The lowest BCUT2D eigenvalue weighted by molar-refractivity contribution is -0.152. The molecule has 0 fully saturated rings. The van der Waals surface area contributed by atoms with Gasteiger partial charge in [-0.3, -0.25) is 4.79 Å². The van der Waals surface area contributed by atoms with Crippen molar-refractivity contribution in [3.05, 3.63) is 0 Å². The average Bonchev–Trinajstić information content (AvgIpc) is 2.26. The first-order chi connectivity index (χ1) is 8.45. The summed E-state index contributed by atoms with van der Waals surface area (Å²) < 4.78 is 16.2. The quantitative estimate of drug-likeness (QED) is 0.567. The van der Waals surface area contributed by atoms with Crippen LogP contribution in [-0.2, 0) is 19.0 Å². The average molecular weight is 260 g/mol. The van der Waals surface area contributed by atoms with Crippen LogP contribution in [0, 0.1) is 5.92 Å². The van der Waals surface area contributed by atoms with Gasteiger partial charge in [-0.25, -0.2) is 0 Å². The Kier molecular flexibility index (Phi) is 9.98. The van der Waals surface area contributed by atoms with E-state index in [4.69, 9.17) is 14.2 Å². The van der Waals surface area contributed by atoms with E-state index in [1.165, 1.54) is 0 Å². The number of carbonyl (C=O) groups excluding carboxylic acids is 1. The van der Waals surface area contributed by atoms with Crippen molar-refractivity contribution in [1.29, 1.82) is 0 Å². The van der Waals surface area contributed by atoms with Crippen LogP contribution in [-0.4, -0.2) is 38.0 Å². The summed E-state index contributed by atoms with van der Waals surface area (Å²) in [7, 11) is 0. The molecule has 4 heteroatoms. The normalized spacial score (nSPS) is 14.6. The fourth-order valence-electron chi connectivity index (χ4n) is 1.34. The minimum Gasteiger partial charge on any atom is -0.460 e. The highest BCUT2D eigenvalue weighted by atomic mass is 16.6. The summed E-state index contributed by atoms with van der Waals surface area (Å²) in [6.45, 7) is 11.7. The van der Waals surface area contributed by atoms with Gasteiger partial charge in [-0.1, -0.05) is 20.8 Å². The minimum absolute atomic E-state index is 0.0241. The van der Waals surface area contributed by atoms with Crippen molar-refractivity contribution in [3.63, 3.8) is 0 Å². The Morgan fingerprint density at radius 1 is 1.00 bits per heavy atom. The summed E-state index contributed by atoms with van der Waals surface area (Å²) in [5.74, 6) is 0.378. The second-order valence-electron chi connectivity index (χ2n) is 5.13. The van der Waals surface area contributed by atoms with E-state index >= 15 is 0 Å². The van der Waals surface area contributed by atoms with Crippen LogP contribution in [0.3, 0.4) is 0 Å². The maximum absolute atomic E-state index is 11.2. The standard InChI is InChI=1S/C14H28O4/c1-6-7-14(15)18-13(5)10-17-12(4)9-16-8-11(2)3/h11-13H,6-10H2,1-5H3. The maximum atomic E-state index is 11.2. The smallest absolute Gasteiger partial charge is 0.306 e. The van der Waals surface area contributed by atoms with E-state index < -0.39 is 0 Å². The van der Waals surface area contributed by atoms with E-state index in [9.17, 15) is 4.79 Å². The van der Waals surface area contributed by atoms with Crippen molar-refractivity contribution >= 4 is 5.97 Å². The van der Waals surface area contributed by atoms with Gasteiger partial charge in [-0.05, 0) is 26.2 Å². The second kappa shape index (κ2) is 10.3. The zero-order valence-corrected chi connectivity index (χ0v) is 12.4. The summed E-state index contributed by atoms with van der Waals surface area (Å²) in [5, 5.41) is 0. The van der Waals surface area contributed by atoms with Gasteiger partial charge in [0.2, 0.25) is 0 Å². The van der Waals surface area contributed by atoms with Gasteiger partial charge in [0, 0.05) is 13.0 Å². The van der Waals surface area contributed by atoms with Gasteiger partial charge < -0.3 is 14.2 Å². The fraction of sp³-hybridized carbons (Fsp3) is 0.929. The third-order valence-electron chi connectivity index (χ3n) is 2.21. The first-order valence-corrected chi connectivity index (χ1v) is 6.84. The molecular weight excluding hydrogens is 232 g/mol. The highest BCUT2D eigenvalue weighted by molar-refractivity contribution is 5.69. The van der Waals surface area contributed by atoms with Gasteiger partial charge in [0.05, 0.1) is 19.3 Å². The summed E-state index contributed by atoms with van der Waals surface area (Å²) >= 11 is 0. The molecule has 0 saturated heterocycles. The molecule has 4 nitrogen and oxygen atoms in total. The van der Waals surface area contributed by atoms with Gasteiger partial charge in [-0.2, -0.15) is 0 Å². The Labute approximate surface area is 111 Å². The molecule has 0 aliphatic rings. The Balaban J connectivity index is 3.58. The van der Waals surface area contributed by atoms with E-state index in [0.29, 0.717) is 25.6 Å². The van der Waals surface area contributed by atoms with Crippen LogP contribution >= 0.6 is 0 Å². The lowest BCUT2D eigenvalue weighted by Crippen LogP contribution is -2.25. The van der Waals surface area contributed by atoms with Gasteiger partial charge in [0.25, 0.3) is 0 Å². The molecule has 18 heavy (non-hydrogen) atoms. The predicted molar refractivity (Wildman–Crippen MR) is 71.5 cm³/mol. The molecule has 0 saturated carbocycles. The van der Waals surface area contributed by atoms with E-state index in [1.807, 2.05) is 20.8 Å². The molecule has 0 aliphatic carbocycles. The predicted octanol–water partition coefficient (Wildman–Crippen LogP) is 2.80. The highest BCUT2D eigenvalue weighted by Crippen LogP contribution is 2.01. The van der Waals surface area contributed by atoms with Crippen LogP contribution in [0.5, 0.6) is 0 Å². The third kappa shape index (κ3) is 10.5. The summed E-state index contributed by atoms with van der Waals surface area (Å²) in [4.78, 5) is 11.2. The van der Waals surface area contributed by atoms with Gasteiger partial charge in [-0.15, -0.1) is 0 Å². The topological polar surface area (TPSA) is 44.8 Å². The van der Waals surface area contributed by atoms with Gasteiger partial charge in [0.15, 0.2) is 0 Å². The largest absolute Gasteiger partial charge is 0.460 e. The third-order valence-corrected chi connectivity index (χ3v) is 2.21.